The molecular weight excluding hydrogens is 244 g/mol. The number of aromatic nitrogens is 1. The van der Waals surface area contributed by atoms with Crippen molar-refractivity contribution in [2.45, 2.75) is 45.2 Å². The van der Waals surface area contributed by atoms with Crippen LogP contribution in [0.2, 0.25) is 0 Å². The normalized spacial score (nSPS) is 20.1. The molecule has 2 heterocycles. The highest BCUT2D eigenvalue weighted by molar-refractivity contribution is 5.87. The van der Waals surface area contributed by atoms with Gasteiger partial charge in [0.2, 0.25) is 5.91 Å². The van der Waals surface area contributed by atoms with Crippen LogP contribution in [0.5, 0.6) is 0 Å². The van der Waals surface area contributed by atoms with Gasteiger partial charge in [0.05, 0.1) is 0 Å². The van der Waals surface area contributed by atoms with Crippen LogP contribution in [-0.4, -0.2) is 39.0 Å². The van der Waals surface area contributed by atoms with Crippen molar-refractivity contribution in [2.75, 3.05) is 6.54 Å². The molecule has 1 atom stereocenters. The lowest BCUT2D eigenvalue weighted by molar-refractivity contribution is -0.133. The Bertz CT molecular complexity index is 467. The van der Waals surface area contributed by atoms with Gasteiger partial charge < -0.3 is 14.6 Å². The Morgan fingerprint density at radius 2 is 2.16 bits per heavy atom. The van der Waals surface area contributed by atoms with E-state index in [1.165, 1.54) is 10.6 Å². The summed E-state index contributed by atoms with van der Waals surface area (Å²) in [5.41, 5.74) is 0.163. The second-order valence-corrected chi connectivity index (χ2v) is 5.11. The summed E-state index contributed by atoms with van der Waals surface area (Å²) in [6.45, 7) is 2.96. The van der Waals surface area contributed by atoms with Crippen LogP contribution in [0.15, 0.2) is 18.3 Å². The first-order valence-electron chi connectivity index (χ1n) is 6.77. The largest absolute Gasteiger partial charge is 0.477 e. The molecule has 1 aromatic rings. The topological polar surface area (TPSA) is 62.5 Å². The van der Waals surface area contributed by atoms with E-state index in [0.717, 1.165) is 32.2 Å². The van der Waals surface area contributed by atoms with Gasteiger partial charge >= 0.3 is 5.97 Å². The highest BCUT2D eigenvalue weighted by atomic mass is 16.4. The Morgan fingerprint density at radius 1 is 1.37 bits per heavy atom. The second kappa shape index (κ2) is 5.91. The van der Waals surface area contributed by atoms with Gasteiger partial charge in [-0.3, -0.25) is 4.79 Å². The second-order valence-electron chi connectivity index (χ2n) is 5.11. The van der Waals surface area contributed by atoms with Gasteiger partial charge in [-0.25, -0.2) is 4.79 Å². The summed E-state index contributed by atoms with van der Waals surface area (Å²) in [5, 5.41) is 9.03. The molecule has 1 saturated heterocycles. The number of nitrogens with zero attached hydrogens (tertiary/aromatic N) is 2. The standard InChI is InChI=1S/C14H20N2O3/c1-11-6-3-2-4-9-16(11)13(17)10-15-8-5-7-12(15)14(18)19/h5,7-8,11H,2-4,6,9-10H2,1H3,(H,18,19). The first-order valence-corrected chi connectivity index (χ1v) is 6.77. The van der Waals surface area contributed by atoms with Crippen LogP contribution in [0.4, 0.5) is 0 Å². The molecule has 1 fully saturated rings. The number of carbonyl (C=O) groups is 2. The lowest BCUT2D eigenvalue weighted by Crippen LogP contribution is -2.40. The number of carboxylic acids is 1. The van der Waals surface area contributed by atoms with Crippen LogP contribution in [0.25, 0.3) is 0 Å². The van der Waals surface area contributed by atoms with Crippen molar-refractivity contribution in [1.29, 1.82) is 0 Å². The Labute approximate surface area is 112 Å². The van der Waals surface area contributed by atoms with Gasteiger partial charge in [0, 0.05) is 18.8 Å². The zero-order chi connectivity index (χ0) is 13.8. The molecule has 104 valence electrons. The van der Waals surface area contributed by atoms with Crippen molar-refractivity contribution < 1.29 is 14.7 Å². The van der Waals surface area contributed by atoms with Gasteiger partial charge in [-0.15, -0.1) is 0 Å². The van der Waals surface area contributed by atoms with Crippen molar-refractivity contribution in [2.24, 2.45) is 0 Å². The fraction of sp³-hybridized carbons (Fsp3) is 0.571. The predicted octanol–water partition coefficient (Wildman–Crippen LogP) is 1.98. The third kappa shape index (κ3) is 3.16. The predicted molar refractivity (Wildman–Crippen MR) is 71.0 cm³/mol. The molecule has 1 N–H and O–H groups in total. The first kappa shape index (κ1) is 13.6. The molecule has 0 bridgehead atoms. The van der Waals surface area contributed by atoms with E-state index in [4.69, 9.17) is 5.11 Å². The maximum Gasteiger partial charge on any atom is 0.352 e. The minimum absolute atomic E-state index is 0.00750. The summed E-state index contributed by atoms with van der Waals surface area (Å²) in [7, 11) is 0. The summed E-state index contributed by atoms with van der Waals surface area (Å²) in [6, 6.07) is 3.42. The Morgan fingerprint density at radius 3 is 2.89 bits per heavy atom. The molecule has 0 aliphatic carbocycles. The fourth-order valence-corrected chi connectivity index (χ4v) is 2.63. The van der Waals surface area contributed by atoms with Gasteiger partial charge in [-0.1, -0.05) is 12.8 Å². The monoisotopic (exact) mass is 264 g/mol. The average Bonchev–Trinajstić information content (AvgIpc) is 2.70. The van der Waals surface area contributed by atoms with Crippen LogP contribution in [0.1, 0.15) is 43.1 Å². The molecule has 1 unspecified atom stereocenters. The number of likely N-dealkylation sites (tertiary alicyclic amines) is 1. The lowest BCUT2D eigenvalue weighted by Gasteiger charge is -2.27. The molecular formula is C14H20N2O3. The molecule has 5 heteroatoms. The molecule has 5 nitrogen and oxygen atoms in total. The lowest BCUT2D eigenvalue weighted by atomic mass is 10.1. The van der Waals surface area contributed by atoms with Gasteiger partial charge in [0.1, 0.15) is 12.2 Å². The minimum Gasteiger partial charge on any atom is -0.477 e. The number of aromatic carboxylic acids is 1. The number of carboxylic acid groups (broad SMARTS) is 1. The molecule has 0 radical (unpaired) electrons. The van der Waals surface area contributed by atoms with Crippen LogP contribution < -0.4 is 0 Å². The Kier molecular flexibility index (Phi) is 4.24. The summed E-state index contributed by atoms with van der Waals surface area (Å²) in [5.74, 6) is -0.991. The summed E-state index contributed by atoms with van der Waals surface area (Å²) in [6.07, 6.45) is 6.04. The maximum atomic E-state index is 12.3. The molecule has 1 aliphatic heterocycles. The molecule has 2 rings (SSSR count). The van der Waals surface area contributed by atoms with Gasteiger partial charge in [0.25, 0.3) is 0 Å². The van der Waals surface area contributed by atoms with Crippen molar-refractivity contribution >= 4 is 11.9 Å². The molecule has 19 heavy (non-hydrogen) atoms. The molecule has 0 spiro atoms. The average molecular weight is 264 g/mol. The molecule has 1 amide bonds. The number of amides is 1. The van der Waals surface area contributed by atoms with Crippen LogP contribution >= 0.6 is 0 Å². The van der Waals surface area contributed by atoms with E-state index in [0.29, 0.717) is 0 Å². The number of hydrogen-bond donors (Lipinski definition) is 1. The van der Waals surface area contributed by atoms with Crippen LogP contribution in [0.3, 0.4) is 0 Å². The van der Waals surface area contributed by atoms with Crippen molar-refractivity contribution in [3.63, 3.8) is 0 Å². The number of rotatable bonds is 3. The number of hydrogen-bond acceptors (Lipinski definition) is 2. The van der Waals surface area contributed by atoms with E-state index < -0.39 is 5.97 Å². The zero-order valence-corrected chi connectivity index (χ0v) is 11.2. The molecule has 0 saturated carbocycles. The fourth-order valence-electron chi connectivity index (χ4n) is 2.63. The summed E-state index contributed by atoms with van der Waals surface area (Å²) in [4.78, 5) is 25.2. The molecule has 1 aliphatic rings. The Hall–Kier alpha value is -1.78. The van der Waals surface area contributed by atoms with E-state index in [9.17, 15) is 9.59 Å². The maximum absolute atomic E-state index is 12.3. The van der Waals surface area contributed by atoms with Crippen molar-refractivity contribution in [3.05, 3.63) is 24.0 Å². The van der Waals surface area contributed by atoms with Crippen molar-refractivity contribution in [3.8, 4) is 0 Å². The minimum atomic E-state index is -0.998. The summed E-state index contributed by atoms with van der Waals surface area (Å²) < 4.78 is 1.50. The van der Waals surface area contributed by atoms with Crippen LogP contribution in [0, 0.1) is 0 Å². The van der Waals surface area contributed by atoms with Crippen LogP contribution in [-0.2, 0) is 11.3 Å². The molecule has 1 aromatic heterocycles. The first-order chi connectivity index (χ1) is 9.09. The quantitative estimate of drug-likeness (QED) is 0.908. The van der Waals surface area contributed by atoms with Crippen molar-refractivity contribution in [1.82, 2.24) is 9.47 Å². The third-order valence-electron chi connectivity index (χ3n) is 3.73. The SMILES string of the molecule is CC1CCCCCN1C(=O)Cn1cccc1C(=O)O. The van der Waals surface area contributed by atoms with E-state index >= 15 is 0 Å². The molecule has 0 aromatic carbocycles. The Balaban J connectivity index is 2.07. The van der Waals surface area contributed by atoms with E-state index in [1.54, 1.807) is 12.3 Å². The van der Waals surface area contributed by atoms with E-state index in [1.807, 2.05) is 4.90 Å². The highest BCUT2D eigenvalue weighted by Crippen LogP contribution is 2.17. The van der Waals surface area contributed by atoms with Gasteiger partial charge in [-0.2, -0.15) is 0 Å². The summed E-state index contributed by atoms with van der Waals surface area (Å²) >= 11 is 0. The van der Waals surface area contributed by atoms with Gasteiger partial charge in [0.15, 0.2) is 0 Å². The number of carbonyl (C=O) groups excluding carboxylic acids is 1. The third-order valence-corrected chi connectivity index (χ3v) is 3.73. The smallest absolute Gasteiger partial charge is 0.352 e. The highest BCUT2D eigenvalue weighted by Gasteiger charge is 2.23. The van der Waals surface area contributed by atoms with E-state index in [-0.39, 0.29) is 24.2 Å². The zero-order valence-electron chi connectivity index (χ0n) is 11.2. The van der Waals surface area contributed by atoms with Gasteiger partial charge in [-0.05, 0) is 31.9 Å². The van der Waals surface area contributed by atoms with E-state index in [2.05, 4.69) is 6.92 Å².